The van der Waals surface area contributed by atoms with Gasteiger partial charge in [0, 0.05) is 6.42 Å². The molecule has 1 atom stereocenters. The SMILES string of the molecule is CC(C)CC(N)c1nc(CC(C)(C)C)no1. The Kier molecular flexibility index (Phi) is 4.08. The van der Waals surface area contributed by atoms with Crippen LogP contribution < -0.4 is 5.73 Å². The predicted octanol–water partition coefficient (Wildman–Crippen LogP) is 2.70. The van der Waals surface area contributed by atoms with E-state index in [-0.39, 0.29) is 11.5 Å². The number of nitrogens with zero attached hydrogens (tertiary/aromatic N) is 2. The van der Waals surface area contributed by atoms with E-state index >= 15 is 0 Å². The Morgan fingerprint density at radius 2 is 1.94 bits per heavy atom. The monoisotopic (exact) mass is 225 g/mol. The fraction of sp³-hybridized carbons (Fsp3) is 0.833. The van der Waals surface area contributed by atoms with Crippen molar-refractivity contribution in [2.75, 3.05) is 0 Å². The van der Waals surface area contributed by atoms with Gasteiger partial charge in [-0.15, -0.1) is 0 Å². The van der Waals surface area contributed by atoms with Crippen molar-refractivity contribution in [3.8, 4) is 0 Å². The van der Waals surface area contributed by atoms with Gasteiger partial charge in [-0.2, -0.15) is 4.98 Å². The first-order valence-corrected chi connectivity index (χ1v) is 5.86. The summed E-state index contributed by atoms with van der Waals surface area (Å²) in [7, 11) is 0. The Balaban J connectivity index is 2.64. The first-order chi connectivity index (χ1) is 7.28. The molecule has 92 valence electrons. The lowest BCUT2D eigenvalue weighted by Gasteiger charge is -2.14. The molecule has 0 aliphatic carbocycles. The van der Waals surface area contributed by atoms with Crippen LogP contribution >= 0.6 is 0 Å². The van der Waals surface area contributed by atoms with E-state index in [9.17, 15) is 0 Å². The van der Waals surface area contributed by atoms with Gasteiger partial charge in [0.2, 0.25) is 5.89 Å². The highest BCUT2D eigenvalue weighted by molar-refractivity contribution is 4.94. The second kappa shape index (κ2) is 4.95. The average molecular weight is 225 g/mol. The molecule has 0 radical (unpaired) electrons. The number of hydrogen-bond donors (Lipinski definition) is 1. The van der Waals surface area contributed by atoms with Crippen molar-refractivity contribution < 1.29 is 4.52 Å². The van der Waals surface area contributed by atoms with Crippen molar-refractivity contribution in [1.29, 1.82) is 0 Å². The van der Waals surface area contributed by atoms with E-state index in [2.05, 4.69) is 44.8 Å². The van der Waals surface area contributed by atoms with Gasteiger partial charge in [-0.25, -0.2) is 0 Å². The first-order valence-electron chi connectivity index (χ1n) is 5.86. The summed E-state index contributed by atoms with van der Waals surface area (Å²) in [5, 5.41) is 3.96. The van der Waals surface area contributed by atoms with Gasteiger partial charge in [0.25, 0.3) is 0 Å². The lowest BCUT2D eigenvalue weighted by Crippen LogP contribution is -2.14. The molecule has 0 amide bonds. The quantitative estimate of drug-likeness (QED) is 0.855. The molecule has 1 unspecified atom stereocenters. The van der Waals surface area contributed by atoms with E-state index in [0.29, 0.717) is 11.8 Å². The van der Waals surface area contributed by atoms with Crippen molar-refractivity contribution in [3.05, 3.63) is 11.7 Å². The van der Waals surface area contributed by atoms with Crippen molar-refractivity contribution in [2.45, 2.75) is 53.5 Å². The Morgan fingerprint density at radius 1 is 1.31 bits per heavy atom. The molecule has 4 nitrogen and oxygen atoms in total. The topological polar surface area (TPSA) is 64.9 Å². The van der Waals surface area contributed by atoms with Gasteiger partial charge < -0.3 is 10.3 Å². The minimum absolute atomic E-state index is 0.138. The Bertz CT molecular complexity index is 325. The van der Waals surface area contributed by atoms with Crippen LogP contribution in [0.2, 0.25) is 0 Å². The summed E-state index contributed by atoms with van der Waals surface area (Å²) in [5.74, 6) is 1.85. The van der Waals surface area contributed by atoms with Crippen LogP contribution in [0, 0.1) is 11.3 Å². The van der Waals surface area contributed by atoms with Crippen LogP contribution in [-0.4, -0.2) is 10.1 Å². The van der Waals surface area contributed by atoms with Crippen LogP contribution in [0.25, 0.3) is 0 Å². The van der Waals surface area contributed by atoms with Crippen molar-refractivity contribution in [3.63, 3.8) is 0 Å². The van der Waals surface area contributed by atoms with Gasteiger partial charge in [-0.3, -0.25) is 0 Å². The van der Waals surface area contributed by atoms with E-state index in [0.717, 1.165) is 18.7 Å². The molecule has 0 spiro atoms. The van der Waals surface area contributed by atoms with Gasteiger partial charge in [0.15, 0.2) is 5.82 Å². The average Bonchev–Trinajstić information content (AvgIpc) is 2.48. The molecule has 0 fully saturated rings. The summed E-state index contributed by atoms with van der Waals surface area (Å²) in [6, 6.07) is -0.138. The third-order valence-electron chi connectivity index (χ3n) is 2.21. The maximum Gasteiger partial charge on any atom is 0.243 e. The Morgan fingerprint density at radius 3 is 2.44 bits per heavy atom. The highest BCUT2D eigenvalue weighted by Crippen LogP contribution is 2.21. The van der Waals surface area contributed by atoms with Crippen molar-refractivity contribution in [2.24, 2.45) is 17.1 Å². The molecule has 0 aromatic carbocycles. The zero-order valence-electron chi connectivity index (χ0n) is 10.9. The highest BCUT2D eigenvalue weighted by atomic mass is 16.5. The molecule has 4 heteroatoms. The summed E-state index contributed by atoms with van der Waals surface area (Å²) >= 11 is 0. The molecule has 16 heavy (non-hydrogen) atoms. The van der Waals surface area contributed by atoms with E-state index in [1.54, 1.807) is 0 Å². The first kappa shape index (κ1) is 13.2. The lowest BCUT2D eigenvalue weighted by molar-refractivity contribution is 0.326. The van der Waals surface area contributed by atoms with Crippen LogP contribution in [0.5, 0.6) is 0 Å². The normalized spacial score (nSPS) is 14.4. The minimum atomic E-state index is -0.138. The summed E-state index contributed by atoms with van der Waals surface area (Å²) in [4.78, 5) is 4.35. The summed E-state index contributed by atoms with van der Waals surface area (Å²) in [6.45, 7) is 10.7. The van der Waals surface area contributed by atoms with Gasteiger partial charge in [0.1, 0.15) is 0 Å². The van der Waals surface area contributed by atoms with Gasteiger partial charge in [0.05, 0.1) is 6.04 Å². The maximum atomic E-state index is 5.98. The number of nitrogens with two attached hydrogens (primary N) is 1. The fourth-order valence-corrected chi connectivity index (χ4v) is 1.57. The van der Waals surface area contributed by atoms with E-state index < -0.39 is 0 Å². The molecule has 1 rings (SSSR count). The molecule has 0 bridgehead atoms. The van der Waals surface area contributed by atoms with E-state index in [4.69, 9.17) is 10.3 Å². The molecular weight excluding hydrogens is 202 g/mol. The molecular formula is C12H23N3O. The van der Waals surface area contributed by atoms with Crippen molar-refractivity contribution >= 4 is 0 Å². The molecule has 0 aliphatic rings. The maximum absolute atomic E-state index is 5.98. The summed E-state index contributed by atoms with van der Waals surface area (Å²) < 4.78 is 5.19. The standard InChI is InChI=1S/C12H23N3O/c1-8(2)6-9(13)11-14-10(15-16-11)7-12(3,4)5/h8-9H,6-7,13H2,1-5H3. The highest BCUT2D eigenvalue weighted by Gasteiger charge is 2.19. The third-order valence-corrected chi connectivity index (χ3v) is 2.21. The Hall–Kier alpha value is -0.900. The summed E-state index contributed by atoms with van der Waals surface area (Å²) in [5.41, 5.74) is 6.15. The molecule has 0 saturated carbocycles. The molecule has 2 N–H and O–H groups in total. The number of aromatic nitrogens is 2. The molecule has 1 heterocycles. The zero-order valence-corrected chi connectivity index (χ0v) is 10.9. The predicted molar refractivity (Wildman–Crippen MR) is 63.8 cm³/mol. The second-order valence-corrected chi connectivity index (χ2v) is 6.02. The third kappa shape index (κ3) is 4.31. The molecule has 1 aromatic heterocycles. The second-order valence-electron chi connectivity index (χ2n) is 6.02. The number of rotatable bonds is 4. The minimum Gasteiger partial charge on any atom is -0.338 e. The smallest absolute Gasteiger partial charge is 0.243 e. The van der Waals surface area contributed by atoms with Crippen LogP contribution in [0.3, 0.4) is 0 Å². The largest absolute Gasteiger partial charge is 0.338 e. The zero-order chi connectivity index (χ0) is 12.3. The van der Waals surface area contributed by atoms with Crippen LogP contribution in [0.4, 0.5) is 0 Å². The molecule has 0 aliphatic heterocycles. The molecule has 0 saturated heterocycles. The van der Waals surface area contributed by atoms with Crippen molar-refractivity contribution in [1.82, 2.24) is 10.1 Å². The van der Waals surface area contributed by atoms with Gasteiger partial charge in [-0.1, -0.05) is 39.8 Å². The van der Waals surface area contributed by atoms with Crippen LogP contribution in [0.1, 0.15) is 58.8 Å². The van der Waals surface area contributed by atoms with Crippen LogP contribution in [-0.2, 0) is 6.42 Å². The van der Waals surface area contributed by atoms with Crippen LogP contribution in [0.15, 0.2) is 4.52 Å². The fourth-order valence-electron chi connectivity index (χ4n) is 1.57. The Labute approximate surface area is 97.6 Å². The van der Waals surface area contributed by atoms with E-state index in [1.807, 2.05) is 0 Å². The van der Waals surface area contributed by atoms with E-state index in [1.165, 1.54) is 0 Å². The molecule has 1 aromatic rings. The number of hydrogen-bond acceptors (Lipinski definition) is 4. The summed E-state index contributed by atoms with van der Waals surface area (Å²) in [6.07, 6.45) is 1.68. The lowest BCUT2D eigenvalue weighted by atomic mass is 9.92. The van der Waals surface area contributed by atoms with Gasteiger partial charge >= 0.3 is 0 Å². The van der Waals surface area contributed by atoms with Gasteiger partial charge in [-0.05, 0) is 17.8 Å².